The Kier molecular flexibility index (Phi) is 7.87. The van der Waals surface area contributed by atoms with E-state index in [0.29, 0.717) is 19.6 Å². The highest BCUT2D eigenvalue weighted by Gasteiger charge is 2.27. The van der Waals surface area contributed by atoms with Crippen molar-refractivity contribution in [1.29, 1.82) is 0 Å². The lowest BCUT2D eigenvalue weighted by molar-refractivity contribution is -0.130. The molecule has 6 heteroatoms. The van der Waals surface area contributed by atoms with Crippen LogP contribution in [0.25, 0.3) is 0 Å². The predicted molar refractivity (Wildman–Crippen MR) is 135 cm³/mol. The highest BCUT2D eigenvalue weighted by Crippen LogP contribution is 2.32. The Morgan fingerprint density at radius 2 is 1.94 bits per heavy atom. The number of rotatable bonds is 10. The second kappa shape index (κ2) is 10.8. The van der Waals surface area contributed by atoms with Gasteiger partial charge in [-0.05, 0) is 68.1 Å². The number of nitrogens with one attached hydrogen (secondary N) is 1. The summed E-state index contributed by atoms with van der Waals surface area (Å²) in [6.45, 7) is 5.87. The van der Waals surface area contributed by atoms with Crippen molar-refractivity contribution in [2.45, 2.75) is 32.4 Å². The van der Waals surface area contributed by atoms with Crippen molar-refractivity contribution in [2.75, 3.05) is 52.1 Å². The summed E-state index contributed by atoms with van der Waals surface area (Å²) in [7, 11) is 4.09. The molecule has 0 spiro atoms. The molecular weight excluding hydrogens is 464 g/mol. The van der Waals surface area contributed by atoms with Crippen LogP contribution in [0.1, 0.15) is 29.5 Å². The summed E-state index contributed by atoms with van der Waals surface area (Å²) in [5, 5.41) is 3.47. The van der Waals surface area contributed by atoms with Gasteiger partial charge in [-0.25, -0.2) is 0 Å². The Labute approximate surface area is 200 Å². The summed E-state index contributed by atoms with van der Waals surface area (Å²) < 4.78 is 1.04. The van der Waals surface area contributed by atoms with E-state index in [4.69, 9.17) is 0 Å². The summed E-state index contributed by atoms with van der Waals surface area (Å²) in [6.07, 6.45) is 3.86. The number of carbonyl (C=O) groups excluding carboxylic acids is 1. The minimum atomic E-state index is 0.131. The Hall–Kier alpha value is -1.89. The van der Waals surface area contributed by atoms with Crippen LogP contribution in [-0.2, 0) is 24.3 Å². The fourth-order valence-corrected chi connectivity index (χ4v) is 4.79. The van der Waals surface area contributed by atoms with Crippen molar-refractivity contribution in [3.05, 3.63) is 63.6 Å². The van der Waals surface area contributed by atoms with Crippen LogP contribution in [0.5, 0.6) is 0 Å². The Bertz CT molecular complexity index is 928. The van der Waals surface area contributed by atoms with Crippen molar-refractivity contribution in [2.24, 2.45) is 5.92 Å². The summed E-state index contributed by atoms with van der Waals surface area (Å²) in [6, 6.07) is 14.6. The number of carbonyl (C=O) groups is 1. The quantitative estimate of drug-likeness (QED) is 0.532. The first-order chi connectivity index (χ1) is 15.5. The first kappa shape index (κ1) is 23.3. The van der Waals surface area contributed by atoms with Crippen molar-refractivity contribution < 1.29 is 4.79 Å². The topological polar surface area (TPSA) is 38.8 Å². The average molecular weight is 499 g/mol. The summed E-state index contributed by atoms with van der Waals surface area (Å²) in [5.74, 6) is 1.06. The zero-order chi connectivity index (χ0) is 22.5. The molecule has 172 valence electrons. The van der Waals surface area contributed by atoms with Gasteiger partial charge in [-0.3, -0.25) is 9.69 Å². The molecule has 1 amide bonds. The third-order valence-electron chi connectivity index (χ3n) is 6.48. The monoisotopic (exact) mass is 498 g/mol. The highest BCUT2D eigenvalue weighted by molar-refractivity contribution is 9.10. The van der Waals surface area contributed by atoms with E-state index in [9.17, 15) is 4.79 Å². The first-order valence-corrected chi connectivity index (χ1v) is 12.5. The van der Waals surface area contributed by atoms with Crippen LogP contribution in [0, 0.1) is 5.92 Å². The van der Waals surface area contributed by atoms with Crippen molar-refractivity contribution >= 4 is 27.5 Å². The number of amides is 1. The first-order valence-electron chi connectivity index (χ1n) is 11.7. The van der Waals surface area contributed by atoms with Gasteiger partial charge in [0.25, 0.3) is 0 Å². The van der Waals surface area contributed by atoms with Gasteiger partial charge in [-0.2, -0.15) is 0 Å². The largest absolute Gasteiger partial charge is 0.376 e. The molecule has 0 unspecified atom stereocenters. The van der Waals surface area contributed by atoms with Gasteiger partial charge >= 0.3 is 0 Å². The maximum atomic E-state index is 13.2. The van der Waals surface area contributed by atoms with E-state index in [-0.39, 0.29) is 5.91 Å². The number of hydrogen-bond acceptors (Lipinski definition) is 4. The van der Waals surface area contributed by atoms with E-state index in [1.807, 2.05) is 37.2 Å². The van der Waals surface area contributed by atoms with E-state index < -0.39 is 0 Å². The van der Waals surface area contributed by atoms with E-state index in [1.54, 1.807) is 0 Å². The van der Waals surface area contributed by atoms with Gasteiger partial charge in [0.15, 0.2) is 0 Å². The number of fused-ring (bicyclic) bond motifs is 1. The summed E-state index contributed by atoms with van der Waals surface area (Å²) in [4.78, 5) is 19.9. The number of halogens is 1. The van der Waals surface area contributed by atoms with E-state index in [2.05, 4.69) is 55.3 Å². The van der Waals surface area contributed by atoms with Gasteiger partial charge in [-0.15, -0.1) is 0 Å². The molecule has 2 aliphatic rings. The molecule has 1 aliphatic heterocycles. The number of benzene rings is 2. The molecule has 4 rings (SSSR count). The molecule has 0 atom stereocenters. The van der Waals surface area contributed by atoms with Gasteiger partial charge in [0.05, 0.1) is 6.54 Å². The van der Waals surface area contributed by atoms with Gasteiger partial charge in [-0.1, -0.05) is 46.3 Å². The molecule has 1 fully saturated rings. The van der Waals surface area contributed by atoms with Crippen LogP contribution in [-0.4, -0.2) is 67.4 Å². The average Bonchev–Trinajstić information content (AvgIpc) is 3.59. The number of likely N-dealkylation sites (N-methyl/N-ethyl adjacent to an activating group) is 1. The minimum Gasteiger partial charge on any atom is -0.376 e. The van der Waals surface area contributed by atoms with E-state index in [0.717, 1.165) is 47.7 Å². The van der Waals surface area contributed by atoms with Crippen LogP contribution in [0.2, 0.25) is 0 Å². The molecule has 32 heavy (non-hydrogen) atoms. The lowest BCUT2D eigenvalue weighted by Gasteiger charge is -2.30. The van der Waals surface area contributed by atoms with Crippen molar-refractivity contribution in [3.8, 4) is 0 Å². The summed E-state index contributed by atoms with van der Waals surface area (Å²) >= 11 is 3.63. The predicted octanol–water partition coefficient (Wildman–Crippen LogP) is 4.22. The second-order valence-electron chi connectivity index (χ2n) is 9.44. The lowest BCUT2D eigenvalue weighted by atomic mass is 9.97. The highest BCUT2D eigenvalue weighted by atomic mass is 79.9. The SMILES string of the molecule is CN(C)CCN(Cc1ccccc1Br)C(=O)CNc1cccc2c1CCN(CC1CC1)C2. The maximum Gasteiger partial charge on any atom is 0.242 e. The molecule has 5 nitrogen and oxygen atoms in total. The molecule has 0 radical (unpaired) electrons. The molecule has 0 aromatic heterocycles. The van der Waals surface area contributed by atoms with Crippen molar-refractivity contribution in [1.82, 2.24) is 14.7 Å². The molecule has 1 heterocycles. The van der Waals surface area contributed by atoms with Crippen LogP contribution < -0.4 is 5.32 Å². The molecule has 0 saturated heterocycles. The molecular formula is C26H35BrN4O. The van der Waals surface area contributed by atoms with Gasteiger partial charge < -0.3 is 15.1 Å². The zero-order valence-electron chi connectivity index (χ0n) is 19.3. The van der Waals surface area contributed by atoms with Gasteiger partial charge in [0, 0.05) is 49.4 Å². The van der Waals surface area contributed by atoms with Gasteiger partial charge in [0.2, 0.25) is 5.91 Å². The fourth-order valence-electron chi connectivity index (χ4n) is 4.38. The third-order valence-corrected chi connectivity index (χ3v) is 7.25. The second-order valence-corrected chi connectivity index (χ2v) is 10.3. The molecule has 2 aromatic rings. The van der Waals surface area contributed by atoms with Gasteiger partial charge in [0.1, 0.15) is 0 Å². The molecule has 2 aromatic carbocycles. The normalized spacial score (nSPS) is 16.1. The van der Waals surface area contributed by atoms with Crippen LogP contribution in [0.15, 0.2) is 46.9 Å². The Balaban J connectivity index is 1.39. The van der Waals surface area contributed by atoms with E-state index in [1.165, 1.54) is 30.5 Å². The smallest absolute Gasteiger partial charge is 0.242 e. The van der Waals surface area contributed by atoms with Crippen LogP contribution in [0.4, 0.5) is 5.69 Å². The number of nitrogens with zero attached hydrogens (tertiary/aromatic N) is 3. The molecule has 1 aliphatic carbocycles. The zero-order valence-corrected chi connectivity index (χ0v) is 20.9. The number of anilines is 1. The number of hydrogen-bond donors (Lipinski definition) is 1. The minimum absolute atomic E-state index is 0.131. The Morgan fingerprint density at radius 3 is 2.69 bits per heavy atom. The molecule has 0 bridgehead atoms. The third kappa shape index (κ3) is 6.33. The van der Waals surface area contributed by atoms with Crippen molar-refractivity contribution in [3.63, 3.8) is 0 Å². The van der Waals surface area contributed by atoms with Crippen LogP contribution >= 0.6 is 15.9 Å². The van der Waals surface area contributed by atoms with E-state index >= 15 is 0 Å². The summed E-state index contributed by atoms with van der Waals surface area (Å²) in [5.41, 5.74) is 5.05. The fraction of sp³-hybridized carbons (Fsp3) is 0.500. The maximum absolute atomic E-state index is 13.2. The standard InChI is InChI=1S/C26H35BrN4O/c1-29(2)14-15-31(19-22-6-3-4-8-24(22)27)26(32)16-28-25-9-5-7-21-18-30(13-12-23(21)25)17-20-10-11-20/h3-9,20,28H,10-19H2,1-2H3. The molecule has 1 saturated carbocycles. The molecule has 1 N–H and O–H groups in total. The Morgan fingerprint density at radius 1 is 1.12 bits per heavy atom. The van der Waals surface area contributed by atoms with Crippen LogP contribution in [0.3, 0.4) is 0 Å². The lowest BCUT2D eigenvalue weighted by Crippen LogP contribution is -2.39.